The Bertz CT molecular complexity index is 1020. The molecule has 0 saturated heterocycles. The van der Waals surface area contributed by atoms with Crippen molar-refractivity contribution < 1.29 is 9.18 Å². The molecular weight excluding hydrogens is 345 g/mol. The lowest BCUT2D eigenvalue weighted by Gasteiger charge is -2.15. The normalized spacial score (nSPS) is 11.9. The average molecular weight is 365 g/mol. The minimum absolute atomic E-state index is 0.342. The Morgan fingerprint density at radius 1 is 1.04 bits per heavy atom. The molecule has 5 nitrogen and oxygen atoms in total. The number of hydrogen-bond acceptors (Lipinski definition) is 3. The minimum atomic E-state index is -0.807. The summed E-state index contributed by atoms with van der Waals surface area (Å²) in [5.74, 6) is -0.695. The van der Waals surface area contributed by atoms with Crippen LogP contribution in [-0.4, -0.2) is 15.7 Å². The highest BCUT2D eigenvalue weighted by Crippen LogP contribution is 2.18. The van der Waals surface area contributed by atoms with Crippen molar-refractivity contribution in [1.29, 1.82) is 0 Å². The Balaban J connectivity index is 1.88. The molecule has 0 fully saturated rings. The van der Waals surface area contributed by atoms with Crippen LogP contribution in [0, 0.1) is 19.7 Å². The van der Waals surface area contributed by atoms with Gasteiger partial charge in [0.25, 0.3) is 5.56 Å². The van der Waals surface area contributed by atoms with Crippen LogP contribution < -0.4 is 10.9 Å². The van der Waals surface area contributed by atoms with Gasteiger partial charge in [-0.2, -0.15) is 5.10 Å². The lowest BCUT2D eigenvalue weighted by Crippen LogP contribution is -2.33. The van der Waals surface area contributed by atoms with Gasteiger partial charge in [0.15, 0.2) is 0 Å². The van der Waals surface area contributed by atoms with Crippen LogP contribution in [-0.2, 0) is 4.79 Å². The van der Waals surface area contributed by atoms with Gasteiger partial charge >= 0.3 is 0 Å². The van der Waals surface area contributed by atoms with Crippen LogP contribution in [0.3, 0.4) is 0 Å². The van der Waals surface area contributed by atoms with E-state index < -0.39 is 6.04 Å². The van der Waals surface area contributed by atoms with Crippen LogP contribution in [0.15, 0.2) is 59.4 Å². The summed E-state index contributed by atoms with van der Waals surface area (Å²) >= 11 is 0. The fraction of sp³-hybridized carbons (Fsp3) is 0.190. The predicted molar refractivity (Wildman–Crippen MR) is 103 cm³/mol. The van der Waals surface area contributed by atoms with Crippen LogP contribution in [0.1, 0.15) is 24.1 Å². The van der Waals surface area contributed by atoms with Crippen molar-refractivity contribution >= 4 is 11.6 Å². The van der Waals surface area contributed by atoms with Gasteiger partial charge in [-0.3, -0.25) is 9.59 Å². The number of rotatable bonds is 4. The van der Waals surface area contributed by atoms with Crippen LogP contribution in [0.25, 0.3) is 11.3 Å². The zero-order chi connectivity index (χ0) is 19.6. The maximum absolute atomic E-state index is 13.1. The van der Waals surface area contributed by atoms with Gasteiger partial charge in [0.2, 0.25) is 5.91 Å². The molecule has 1 amide bonds. The van der Waals surface area contributed by atoms with Gasteiger partial charge in [0.05, 0.1) is 5.69 Å². The van der Waals surface area contributed by atoms with Crippen LogP contribution in [0.4, 0.5) is 10.1 Å². The molecule has 1 unspecified atom stereocenters. The summed E-state index contributed by atoms with van der Waals surface area (Å²) in [4.78, 5) is 24.8. The standard InChI is InChI=1S/C21H20FN3O2/c1-13-10-14(2)12-18(11-13)23-21(27)15(3)25-20(26)9-8-19(24-25)16-4-6-17(22)7-5-16/h4-12,15H,1-3H3,(H,23,27). The number of aromatic nitrogens is 2. The molecule has 138 valence electrons. The topological polar surface area (TPSA) is 64.0 Å². The second-order valence-electron chi connectivity index (χ2n) is 6.55. The largest absolute Gasteiger partial charge is 0.324 e. The third-order valence-corrected chi connectivity index (χ3v) is 4.20. The zero-order valence-corrected chi connectivity index (χ0v) is 15.4. The monoisotopic (exact) mass is 365 g/mol. The molecule has 0 spiro atoms. The summed E-state index contributed by atoms with van der Waals surface area (Å²) in [5, 5.41) is 7.12. The molecule has 0 aliphatic rings. The minimum Gasteiger partial charge on any atom is -0.324 e. The van der Waals surface area contributed by atoms with Crippen molar-refractivity contribution in [3.63, 3.8) is 0 Å². The molecule has 3 aromatic rings. The number of anilines is 1. The molecule has 27 heavy (non-hydrogen) atoms. The fourth-order valence-corrected chi connectivity index (χ4v) is 2.88. The predicted octanol–water partition coefficient (Wildman–Crippen LogP) is 3.87. The van der Waals surface area contributed by atoms with E-state index in [2.05, 4.69) is 10.4 Å². The molecule has 0 bridgehead atoms. The second-order valence-corrected chi connectivity index (χ2v) is 6.55. The number of nitrogens with zero attached hydrogens (tertiary/aromatic N) is 2. The Morgan fingerprint density at radius 3 is 2.30 bits per heavy atom. The van der Waals surface area contributed by atoms with Crippen molar-refractivity contribution in [2.75, 3.05) is 5.32 Å². The molecule has 0 aliphatic heterocycles. The first-order valence-electron chi connectivity index (χ1n) is 8.58. The van der Waals surface area contributed by atoms with Crippen molar-refractivity contribution in [3.8, 4) is 11.3 Å². The molecule has 6 heteroatoms. The summed E-state index contributed by atoms with van der Waals surface area (Å²) in [6, 6.07) is 13.6. The summed E-state index contributed by atoms with van der Waals surface area (Å²) in [6.07, 6.45) is 0. The smallest absolute Gasteiger partial charge is 0.267 e. The van der Waals surface area contributed by atoms with Gasteiger partial charge in [-0.1, -0.05) is 6.07 Å². The third-order valence-electron chi connectivity index (χ3n) is 4.20. The number of carbonyl (C=O) groups is 1. The van der Waals surface area contributed by atoms with Crippen molar-refractivity contribution in [3.05, 3.63) is 81.9 Å². The zero-order valence-electron chi connectivity index (χ0n) is 15.4. The summed E-state index contributed by atoms with van der Waals surface area (Å²) in [7, 11) is 0. The molecule has 2 aromatic carbocycles. The van der Waals surface area contributed by atoms with Gasteiger partial charge in [-0.05, 0) is 74.4 Å². The average Bonchev–Trinajstić information content (AvgIpc) is 2.61. The van der Waals surface area contributed by atoms with E-state index in [0.29, 0.717) is 16.9 Å². The molecule has 1 N–H and O–H groups in total. The van der Waals surface area contributed by atoms with Crippen LogP contribution in [0.5, 0.6) is 0 Å². The molecule has 0 aliphatic carbocycles. The first kappa shape index (κ1) is 18.5. The maximum atomic E-state index is 13.1. The van der Waals surface area contributed by atoms with Gasteiger partial charge < -0.3 is 5.32 Å². The molecule has 1 atom stereocenters. The van der Waals surface area contributed by atoms with E-state index in [1.807, 2.05) is 32.0 Å². The summed E-state index contributed by atoms with van der Waals surface area (Å²) < 4.78 is 14.3. The number of halogens is 1. The van der Waals surface area contributed by atoms with E-state index in [-0.39, 0.29) is 17.3 Å². The molecule has 3 rings (SSSR count). The van der Waals surface area contributed by atoms with E-state index in [1.54, 1.807) is 25.1 Å². The van der Waals surface area contributed by atoms with Crippen LogP contribution in [0.2, 0.25) is 0 Å². The highest BCUT2D eigenvalue weighted by molar-refractivity contribution is 5.93. The van der Waals surface area contributed by atoms with E-state index in [4.69, 9.17) is 0 Å². The maximum Gasteiger partial charge on any atom is 0.267 e. The number of carbonyl (C=O) groups excluding carboxylic acids is 1. The van der Waals surface area contributed by atoms with E-state index in [9.17, 15) is 14.0 Å². The lowest BCUT2D eigenvalue weighted by atomic mass is 10.1. The SMILES string of the molecule is Cc1cc(C)cc(NC(=O)C(C)n2nc(-c3ccc(F)cc3)ccc2=O)c1. The summed E-state index contributed by atoms with van der Waals surface area (Å²) in [5.41, 5.74) is 3.50. The highest BCUT2D eigenvalue weighted by atomic mass is 19.1. The number of amides is 1. The van der Waals surface area contributed by atoms with Gasteiger partial charge in [0.1, 0.15) is 11.9 Å². The molecular formula is C21H20FN3O2. The molecule has 0 radical (unpaired) electrons. The van der Waals surface area contributed by atoms with Gasteiger partial charge in [0, 0.05) is 17.3 Å². The quantitative estimate of drug-likeness (QED) is 0.763. The Kier molecular flexibility index (Phi) is 5.16. The van der Waals surface area contributed by atoms with Crippen molar-refractivity contribution in [1.82, 2.24) is 9.78 Å². The van der Waals surface area contributed by atoms with Gasteiger partial charge in [-0.15, -0.1) is 0 Å². The van der Waals surface area contributed by atoms with Crippen LogP contribution >= 0.6 is 0 Å². The molecule has 0 saturated carbocycles. The van der Waals surface area contributed by atoms with E-state index in [0.717, 1.165) is 15.8 Å². The number of hydrogen-bond donors (Lipinski definition) is 1. The summed E-state index contributed by atoms with van der Waals surface area (Å²) in [6.45, 7) is 5.51. The number of benzene rings is 2. The number of aryl methyl sites for hydroxylation is 2. The fourth-order valence-electron chi connectivity index (χ4n) is 2.88. The third kappa shape index (κ3) is 4.28. The molecule has 1 aromatic heterocycles. The second kappa shape index (κ2) is 7.53. The first-order chi connectivity index (χ1) is 12.8. The van der Waals surface area contributed by atoms with Crippen molar-refractivity contribution in [2.45, 2.75) is 26.8 Å². The number of nitrogens with one attached hydrogen (secondary N) is 1. The van der Waals surface area contributed by atoms with Crippen molar-refractivity contribution in [2.24, 2.45) is 0 Å². The first-order valence-corrected chi connectivity index (χ1v) is 8.58. The lowest BCUT2D eigenvalue weighted by molar-refractivity contribution is -0.119. The highest BCUT2D eigenvalue weighted by Gasteiger charge is 2.18. The Morgan fingerprint density at radius 2 is 1.67 bits per heavy atom. The van der Waals surface area contributed by atoms with E-state index in [1.165, 1.54) is 18.2 Å². The molecule has 1 heterocycles. The van der Waals surface area contributed by atoms with E-state index >= 15 is 0 Å². The van der Waals surface area contributed by atoms with Gasteiger partial charge in [-0.25, -0.2) is 9.07 Å². The Hall–Kier alpha value is -3.28. The Labute approximate surface area is 156 Å².